The molecular formula is C18H14Cl2N4O4S. The first-order valence-electron chi connectivity index (χ1n) is 8.11. The van der Waals surface area contributed by atoms with Crippen molar-refractivity contribution in [3.05, 3.63) is 71.0 Å². The van der Waals surface area contributed by atoms with Crippen LogP contribution in [0.5, 0.6) is 5.75 Å². The van der Waals surface area contributed by atoms with E-state index in [1.807, 2.05) is 0 Å². The van der Waals surface area contributed by atoms with Crippen LogP contribution in [0.3, 0.4) is 0 Å². The molecular weight excluding hydrogens is 439 g/mol. The van der Waals surface area contributed by atoms with E-state index in [2.05, 4.69) is 20.0 Å². The predicted molar refractivity (Wildman–Crippen MR) is 110 cm³/mol. The number of carbonyl (C=O) groups is 1. The number of hydrogen-bond donors (Lipinski definition) is 2. The van der Waals surface area contributed by atoms with Crippen LogP contribution in [-0.4, -0.2) is 30.9 Å². The molecule has 0 atom stereocenters. The molecule has 3 rings (SSSR count). The summed E-state index contributed by atoms with van der Waals surface area (Å²) < 4.78 is 32.3. The molecule has 0 spiro atoms. The number of halogens is 2. The molecule has 0 saturated carbocycles. The standard InChI is InChI=1S/C18H14Cl2N4O4S/c19-12-2-7-15(20)16(10-12)28-11-17(25)23-13-3-5-14(6-4-13)29(26,27)24-18-21-8-1-9-22-18/h1-10H,11H2,(H,23,25)(H,21,22,24). The van der Waals surface area contributed by atoms with Crippen LogP contribution in [0, 0.1) is 0 Å². The molecule has 11 heteroatoms. The Morgan fingerprint density at radius 3 is 2.41 bits per heavy atom. The van der Waals surface area contributed by atoms with Gasteiger partial charge in [0.15, 0.2) is 6.61 Å². The topological polar surface area (TPSA) is 110 Å². The number of aromatic nitrogens is 2. The van der Waals surface area contributed by atoms with E-state index in [1.165, 1.54) is 42.7 Å². The molecule has 2 aromatic carbocycles. The lowest BCUT2D eigenvalue weighted by atomic mass is 10.3. The summed E-state index contributed by atoms with van der Waals surface area (Å²) in [5.41, 5.74) is 0.394. The van der Waals surface area contributed by atoms with E-state index in [0.29, 0.717) is 15.7 Å². The minimum Gasteiger partial charge on any atom is -0.482 e. The van der Waals surface area contributed by atoms with E-state index >= 15 is 0 Å². The number of hydrogen-bond acceptors (Lipinski definition) is 6. The van der Waals surface area contributed by atoms with Gasteiger partial charge in [0.2, 0.25) is 5.95 Å². The fourth-order valence-corrected chi connectivity index (χ4v) is 3.47. The summed E-state index contributed by atoms with van der Waals surface area (Å²) >= 11 is 11.8. The minimum absolute atomic E-state index is 0.00934. The van der Waals surface area contributed by atoms with E-state index in [9.17, 15) is 13.2 Å². The zero-order chi connectivity index (χ0) is 20.9. The van der Waals surface area contributed by atoms with Gasteiger partial charge in [0.05, 0.1) is 9.92 Å². The number of ether oxygens (including phenoxy) is 1. The fourth-order valence-electron chi connectivity index (χ4n) is 2.18. The highest BCUT2D eigenvalue weighted by Crippen LogP contribution is 2.27. The molecule has 8 nitrogen and oxygen atoms in total. The third-order valence-electron chi connectivity index (χ3n) is 3.49. The van der Waals surface area contributed by atoms with Gasteiger partial charge in [-0.2, -0.15) is 0 Å². The Morgan fingerprint density at radius 1 is 1.03 bits per heavy atom. The van der Waals surface area contributed by atoms with Gasteiger partial charge in [-0.05, 0) is 42.5 Å². The number of sulfonamides is 1. The summed E-state index contributed by atoms with van der Waals surface area (Å²) in [5, 5.41) is 3.35. The Hall–Kier alpha value is -2.88. The third kappa shape index (κ3) is 5.80. The van der Waals surface area contributed by atoms with Gasteiger partial charge in [-0.25, -0.2) is 23.1 Å². The number of nitrogens with zero attached hydrogens (tertiary/aromatic N) is 2. The molecule has 0 saturated heterocycles. The average molecular weight is 453 g/mol. The molecule has 0 bridgehead atoms. The van der Waals surface area contributed by atoms with Gasteiger partial charge in [0.25, 0.3) is 15.9 Å². The van der Waals surface area contributed by atoms with E-state index in [1.54, 1.807) is 18.2 Å². The molecule has 1 heterocycles. The van der Waals surface area contributed by atoms with Gasteiger partial charge in [-0.15, -0.1) is 0 Å². The zero-order valence-electron chi connectivity index (χ0n) is 14.7. The lowest BCUT2D eigenvalue weighted by Crippen LogP contribution is -2.20. The number of benzene rings is 2. The van der Waals surface area contributed by atoms with Crippen LogP contribution in [0.15, 0.2) is 65.8 Å². The lowest BCUT2D eigenvalue weighted by molar-refractivity contribution is -0.118. The number of nitrogens with one attached hydrogen (secondary N) is 2. The average Bonchev–Trinajstić information content (AvgIpc) is 2.69. The molecule has 0 unspecified atom stereocenters. The molecule has 1 aromatic heterocycles. The summed E-state index contributed by atoms with van der Waals surface area (Å²) in [6.45, 7) is -0.299. The second kappa shape index (κ2) is 9.08. The summed E-state index contributed by atoms with van der Waals surface area (Å²) in [7, 11) is -3.85. The number of rotatable bonds is 7. The Kier molecular flexibility index (Phi) is 6.53. The maximum atomic E-state index is 12.3. The summed E-state index contributed by atoms with van der Waals surface area (Å²) in [4.78, 5) is 19.7. The normalized spacial score (nSPS) is 11.0. The lowest BCUT2D eigenvalue weighted by Gasteiger charge is -2.10. The number of amides is 1. The molecule has 2 N–H and O–H groups in total. The molecule has 0 fully saturated rings. The summed E-state index contributed by atoms with van der Waals surface area (Å²) in [6.07, 6.45) is 2.84. The maximum Gasteiger partial charge on any atom is 0.264 e. The van der Waals surface area contributed by atoms with Crippen LogP contribution >= 0.6 is 23.2 Å². The van der Waals surface area contributed by atoms with E-state index in [4.69, 9.17) is 27.9 Å². The number of carbonyl (C=O) groups excluding carboxylic acids is 1. The maximum absolute atomic E-state index is 12.3. The summed E-state index contributed by atoms with van der Waals surface area (Å²) in [5.74, 6) is -0.209. The van der Waals surface area contributed by atoms with E-state index < -0.39 is 15.9 Å². The van der Waals surface area contributed by atoms with Gasteiger partial charge in [0, 0.05) is 29.2 Å². The Balaban J connectivity index is 1.60. The van der Waals surface area contributed by atoms with Crippen LogP contribution in [0.25, 0.3) is 0 Å². The van der Waals surface area contributed by atoms with Crippen LogP contribution in [0.2, 0.25) is 10.0 Å². The molecule has 0 aliphatic rings. The highest BCUT2D eigenvalue weighted by Gasteiger charge is 2.15. The van der Waals surface area contributed by atoms with Crippen molar-refractivity contribution >= 4 is 50.8 Å². The quantitative estimate of drug-likeness (QED) is 0.566. The second-order valence-electron chi connectivity index (χ2n) is 5.61. The Morgan fingerprint density at radius 2 is 1.72 bits per heavy atom. The zero-order valence-corrected chi connectivity index (χ0v) is 17.0. The van der Waals surface area contributed by atoms with Crippen molar-refractivity contribution in [1.29, 1.82) is 0 Å². The van der Waals surface area contributed by atoms with Crippen LogP contribution in [-0.2, 0) is 14.8 Å². The molecule has 150 valence electrons. The van der Waals surface area contributed by atoms with Crippen LogP contribution in [0.4, 0.5) is 11.6 Å². The van der Waals surface area contributed by atoms with Crippen LogP contribution in [0.1, 0.15) is 0 Å². The van der Waals surface area contributed by atoms with Gasteiger partial charge in [-0.3, -0.25) is 4.79 Å². The Labute approximate surface area is 176 Å². The van der Waals surface area contributed by atoms with Crippen molar-refractivity contribution in [1.82, 2.24) is 9.97 Å². The van der Waals surface area contributed by atoms with Gasteiger partial charge in [0.1, 0.15) is 5.75 Å². The molecule has 29 heavy (non-hydrogen) atoms. The van der Waals surface area contributed by atoms with Gasteiger partial charge >= 0.3 is 0 Å². The van der Waals surface area contributed by atoms with Crippen molar-refractivity contribution in [3.63, 3.8) is 0 Å². The van der Waals surface area contributed by atoms with Gasteiger partial charge in [-0.1, -0.05) is 23.2 Å². The fraction of sp³-hybridized carbons (Fsp3) is 0.0556. The summed E-state index contributed by atoms with van der Waals surface area (Å²) in [6, 6.07) is 11.8. The van der Waals surface area contributed by atoms with Crippen molar-refractivity contribution in [2.75, 3.05) is 16.6 Å². The first-order chi connectivity index (χ1) is 13.8. The van der Waals surface area contributed by atoms with Crippen LogP contribution < -0.4 is 14.8 Å². The highest BCUT2D eigenvalue weighted by molar-refractivity contribution is 7.92. The highest BCUT2D eigenvalue weighted by atomic mass is 35.5. The molecule has 1 amide bonds. The van der Waals surface area contributed by atoms with Crippen molar-refractivity contribution < 1.29 is 17.9 Å². The van der Waals surface area contributed by atoms with E-state index in [-0.39, 0.29) is 23.2 Å². The Bertz CT molecular complexity index is 1110. The molecule has 0 aliphatic carbocycles. The largest absolute Gasteiger partial charge is 0.482 e. The van der Waals surface area contributed by atoms with Crippen molar-refractivity contribution in [2.45, 2.75) is 4.90 Å². The van der Waals surface area contributed by atoms with Crippen molar-refractivity contribution in [2.24, 2.45) is 0 Å². The number of anilines is 2. The minimum atomic E-state index is -3.85. The van der Waals surface area contributed by atoms with Gasteiger partial charge < -0.3 is 10.1 Å². The smallest absolute Gasteiger partial charge is 0.264 e. The first kappa shape index (κ1) is 20.8. The molecule has 3 aromatic rings. The third-order valence-corrected chi connectivity index (χ3v) is 5.38. The van der Waals surface area contributed by atoms with Crippen molar-refractivity contribution in [3.8, 4) is 5.75 Å². The first-order valence-corrected chi connectivity index (χ1v) is 10.3. The monoisotopic (exact) mass is 452 g/mol. The predicted octanol–water partition coefficient (Wildman–Crippen LogP) is 3.60. The molecule has 0 radical (unpaired) electrons. The SMILES string of the molecule is O=C(COc1cc(Cl)ccc1Cl)Nc1ccc(S(=O)(=O)Nc2ncccn2)cc1. The molecule has 0 aliphatic heterocycles. The van der Waals surface area contributed by atoms with E-state index in [0.717, 1.165) is 0 Å². The second-order valence-corrected chi connectivity index (χ2v) is 8.14.